The zero-order chi connectivity index (χ0) is 14.6. The van der Waals surface area contributed by atoms with Crippen molar-refractivity contribution < 1.29 is 9.53 Å². The molecule has 0 aliphatic carbocycles. The molecule has 0 saturated carbocycles. The Balaban J connectivity index is 2.46. The van der Waals surface area contributed by atoms with Crippen LogP contribution in [0, 0.1) is 5.92 Å². The molecule has 1 rings (SSSR count). The smallest absolute Gasteiger partial charge is 0.410 e. The van der Waals surface area contributed by atoms with Crippen molar-refractivity contribution in [1.82, 2.24) is 9.80 Å². The zero-order valence-electron chi connectivity index (χ0n) is 13.0. The fourth-order valence-corrected chi connectivity index (χ4v) is 2.41. The van der Waals surface area contributed by atoms with Gasteiger partial charge in [0.1, 0.15) is 5.60 Å². The van der Waals surface area contributed by atoms with Gasteiger partial charge in [-0.05, 0) is 26.7 Å². The lowest BCUT2D eigenvalue weighted by atomic mass is 10.0. The molecule has 1 fully saturated rings. The highest BCUT2D eigenvalue weighted by Gasteiger charge is 2.29. The minimum absolute atomic E-state index is 0.207. The van der Waals surface area contributed by atoms with E-state index >= 15 is 0 Å². The highest BCUT2D eigenvalue weighted by atomic mass is 16.6. The number of rotatable bonds is 3. The monoisotopic (exact) mass is 271 g/mol. The van der Waals surface area contributed by atoms with Crippen LogP contribution in [0.3, 0.4) is 0 Å². The second kappa shape index (κ2) is 6.57. The van der Waals surface area contributed by atoms with Crippen molar-refractivity contribution in [2.24, 2.45) is 11.7 Å². The summed E-state index contributed by atoms with van der Waals surface area (Å²) in [6, 6.07) is 0.404. The summed E-state index contributed by atoms with van der Waals surface area (Å²) in [5.41, 5.74) is 5.41. The molecule has 1 aliphatic heterocycles. The molecule has 5 nitrogen and oxygen atoms in total. The molecule has 1 atom stereocenters. The molecule has 112 valence electrons. The van der Waals surface area contributed by atoms with Gasteiger partial charge in [-0.3, -0.25) is 4.90 Å². The number of ether oxygens (including phenoxy) is 1. The SMILES string of the molecule is CC(C)C(CN)N1CCN(C(=O)OC(C)(C)C)CC1. The first-order chi connectivity index (χ1) is 8.74. The van der Waals surface area contributed by atoms with Crippen LogP contribution in [0.2, 0.25) is 0 Å². The number of hydrogen-bond acceptors (Lipinski definition) is 4. The van der Waals surface area contributed by atoms with Gasteiger partial charge in [-0.25, -0.2) is 4.79 Å². The molecule has 0 spiro atoms. The van der Waals surface area contributed by atoms with Crippen LogP contribution in [0.5, 0.6) is 0 Å². The quantitative estimate of drug-likeness (QED) is 0.845. The summed E-state index contributed by atoms with van der Waals surface area (Å²) in [7, 11) is 0. The third-order valence-electron chi connectivity index (χ3n) is 3.45. The molecule has 1 heterocycles. The average molecular weight is 271 g/mol. The maximum atomic E-state index is 12.0. The van der Waals surface area contributed by atoms with Crippen LogP contribution in [-0.2, 0) is 4.74 Å². The van der Waals surface area contributed by atoms with Gasteiger partial charge in [0.15, 0.2) is 0 Å². The Morgan fingerprint density at radius 3 is 2.11 bits per heavy atom. The van der Waals surface area contributed by atoms with E-state index in [0.717, 1.165) is 26.2 Å². The van der Waals surface area contributed by atoms with Crippen LogP contribution in [-0.4, -0.2) is 60.3 Å². The summed E-state index contributed by atoms with van der Waals surface area (Å²) >= 11 is 0. The van der Waals surface area contributed by atoms with Crippen LogP contribution in [0.1, 0.15) is 34.6 Å². The molecule has 5 heteroatoms. The van der Waals surface area contributed by atoms with Crippen molar-refractivity contribution in [3.63, 3.8) is 0 Å². The molecule has 0 aromatic rings. The molecule has 1 amide bonds. The van der Waals surface area contributed by atoms with E-state index in [2.05, 4.69) is 18.7 Å². The summed E-state index contributed by atoms with van der Waals surface area (Å²) in [6.07, 6.45) is -0.207. The van der Waals surface area contributed by atoms with Crippen molar-refractivity contribution in [3.8, 4) is 0 Å². The van der Waals surface area contributed by atoms with E-state index in [1.54, 1.807) is 4.90 Å². The lowest BCUT2D eigenvalue weighted by Crippen LogP contribution is -2.55. The first-order valence-electron chi connectivity index (χ1n) is 7.16. The van der Waals surface area contributed by atoms with Gasteiger partial charge in [-0.1, -0.05) is 13.8 Å². The van der Waals surface area contributed by atoms with E-state index < -0.39 is 5.60 Å². The number of carbonyl (C=O) groups excluding carboxylic acids is 1. The number of nitrogens with zero attached hydrogens (tertiary/aromatic N) is 2. The Morgan fingerprint density at radius 2 is 1.74 bits per heavy atom. The van der Waals surface area contributed by atoms with E-state index in [0.29, 0.717) is 18.5 Å². The largest absolute Gasteiger partial charge is 0.444 e. The minimum Gasteiger partial charge on any atom is -0.444 e. The number of nitrogens with two attached hydrogens (primary N) is 1. The Bertz CT molecular complexity index is 292. The third-order valence-corrected chi connectivity index (χ3v) is 3.45. The van der Waals surface area contributed by atoms with Gasteiger partial charge in [-0.2, -0.15) is 0 Å². The fraction of sp³-hybridized carbons (Fsp3) is 0.929. The Kier molecular flexibility index (Phi) is 5.62. The molecule has 0 aromatic heterocycles. The van der Waals surface area contributed by atoms with Crippen LogP contribution < -0.4 is 5.73 Å². The van der Waals surface area contributed by atoms with Gasteiger partial charge in [0.25, 0.3) is 0 Å². The molecule has 1 saturated heterocycles. The van der Waals surface area contributed by atoms with Gasteiger partial charge < -0.3 is 15.4 Å². The summed E-state index contributed by atoms with van der Waals surface area (Å²) in [5.74, 6) is 0.540. The minimum atomic E-state index is -0.425. The van der Waals surface area contributed by atoms with Crippen molar-refractivity contribution in [3.05, 3.63) is 0 Å². The van der Waals surface area contributed by atoms with E-state index in [1.165, 1.54) is 0 Å². The fourth-order valence-electron chi connectivity index (χ4n) is 2.41. The molecular formula is C14H29N3O2. The van der Waals surface area contributed by atoms with Gasteiger partial charge in [-0.15, -0.1) is 0 Å². The van der Waals surface area contributed by atoms with Gasteiger partial charge in [0.05, 0.1) is 0 Å². The van der Waals surface area contributed by atoms with Crippen molar-refractivity contribution in [1.29, 1.82) is 0 Å². The standard InChI is InChI=1S/C14H29N3O2/c1-11(2)12(10-15)16-6-8-17(9-7-16)13(18)19-14(3,4)5/h11-12H,6-10,15H2,1-5H3. The highest BCUT2D eigenvalue weighted by molar-refractivity contribution is 5.68. The first kappa shape index (κ1) is 16.2. The molecule has 19 heavy (non-hydrogen) atoms. The predicted octanol–water partition coefficient (Wildman–Crippen LogP) is 1.52. The van der Waals surface area contributed by atoms with E-state index in [-0.39, 0.29) is 6.09 Å². The molecule has 0 bridgehead atoms. The number of piperazine rings is 1. The van der Waals surface area contributed by atoms with Crippen molar-refractivity contribution in [2.45, 2.75) is 46.3 Å². The summed E-state index contributed by atoms with van der Waals surface area (Å²) in [4.78, 5) is 16.1. The highest BCUT2D eigenvalue weighted by Crippen LogP contribution is 2.15. The van der Waals surface area contributed by atoms with E-state index in [4.69, 9.17) is 10.5 Å². The van der Waals surface area contributed by atoms with Crippen LogP contribution in [0.25, 0.3) is 0 Å². The van der Waals surface area contributed by atoms with Crippen molar-refractivity contribution >= 4 is 6.09 Å². The van der Waals surface area contributed by atoms with Gasteiger partial charge in [0, 0.05) is 38.8 Å². The van der Waals surface area contributed by atoms with Crippen LogP contribution >= 0.6 is 0 Å². The van der Waals surface area contributed by atoms with E-state index in [1.807, 2.05) is 20.8 Å². The zero-order valence-corrected chi connectivity index (χ0v) is 13.0. The average Bonchev–Trinajstić information content (AvgIpc) is 2.28. The molecule has 1 aliphatic rings. The third kappa shape index (κ3) is 4.99. The predicted molar refractivity (Wildman–Crippen MR) is 77.1 cm³/mol. The lowest BCUT2D eigenvalue weighted by molar-refractivity contribution is 0.00831. The molecule has 0 aromatic carbocycles. The van der Waals surface area contributed by atoms with E-state index in [9.17, 15) is 4.79 Å². The summed E-state index contributed by atoms with van der Waals surface area (Å²) in [5, 5.41) is 0. The molecular weight excluding hydrogens is 242 g/mol. The first-order valence-corrected chi connectivity index (χ1v) is 7.16. The summed E-state index contributed by atoms with van der Waals surface area (Å²) in [6.45, 7) is 13.9. The Hall–Kier alpha value is -0.810. The summed E-state index contributed by atoms with van der Waals surface area (Å²) < 4.78 is 5.39. The van der Waals surface area contributed by atoms with Crippen molar-refractivity contribution in [2.75, 3.05) is 32.7 Å². The van der Waals surface area contributed by atoms with Gasteiger partial charge >= 0.3 is 6.09 Å². The lowest BCUT2D eigenvalue weighted by Gasteiger charge is -2.40. The molecule has 0 radical (unpaired) electrons. The number of amides is 1. The molecule has 1 unspecified atom stereocenters. The van der Waals surface area contributed by atoms with Crippen LogP contribution in [0.15, 0.2) is 0 Å². The maximum Gasteiger partial charge on any atom is 0.410 e. The second-order valence-electron chi connectivity index (χ2n) is 6.55. The maximum absolute atomic E-state index is 12.0. The number of carbonyl (C=O) groups is 1. The Morgan fingerprint density at radius 1 is 1.21 bits per heavy atom. The number of hydrogen-bond donors (Lipinski definition) is 1. The second-order valence-corrected chi connectivity index (χ2v) is 6.55. The van der Waals surface area contributed by atoms with Gasteiger partial charge in [0.2, 0.25) is 0 Å². The topological polar surface area (TPSA) is 58.8 Å². The Labute approximate surface area is 117 Å². The molecule has 2 N–H and O–H groups in total. The normalized spacial score (nSPS) is 19.6. The van der Waals surface area contributed by atoms with Crippen LogP contribution in [0.4, 0.5) is 4.79 Å².